The first-order valence-corrected chi connectivity index (χ1v) is 8.82. The first-order chi connectivity index (χ1) is 11.9. The molecule has 1 heteroatoms. The third-order valence-corrected chi connectivity index (χ3v) is 4.98. The molecule has 0 spiro atoms. The SMILES string of the molecule is c1ccc(-c2ccc(CN3CCc4ccccc4CC3)cc2)cc1. The van der Waals surface area contributed by atoms with Crippen molar-refractivity contribution in [1.29, 1.82) is 0 Å². The molecular formula is C23H23N. The average Bonchev–Trinajstić information content (AvgIpc) is 2.86. The quantitative estimate of drug-likeness (QED) is 0.661. The van der Waals surface area contributed by atoms with Crippen LogP contribution in [0, 0.1) is 0 Å². The number of hydrogen-bond donors (Lipinski definition) is 0. The summed E-state index contributed by atoms with van der Waals surface area (Å²) in [6.07, 6.45) is 2.33. The monoisotopic (exact) mass is 313 g/mol. The minimum atomic E-state index is 1.04. The number of fused-ring (bicyclic) bond motifs is 1. The van der Waals surface area contributed by atoms with Crippen LogP contribution in [0.1, 0.15) is 16.7 Å². The van der Waals surface area contributed by atoms with Crippen molar-refractivity contribution in [2.75, 3.05) is 13.1 Å². The Labute approximate surface area is 144 Å². The van der Waals surface area contributed by atoms with Gasteiger partial charge in [-0.3, -0.25) is 4.90 Å². The van der Waals surface area contributed by atoms with Gasteiger partial charge in [-0.05, 0) is 40.7 Å². The fourth-order valence-electron chi connectivity index (χ4n) is 3.56. The number of hydrogen-bond acceptors (Lipinski definition) is 1. The standard InChI is InChI=1S/C23H23N/c1-2-6-20(7-3-1)23-12-10-19(11-13-23)18-24-16-14-21-8-4-5-9-22(21)15-17-24/h1-13H,14-18H2. The maximum atomic E-state index is 2.58. The van der Waals surface area contributed by atoms with Crippen molar-refractivity contribution in [3.05, 3.63) is 95.6 Å². The molecule has 0 bridgehead atoms. The molecule has 0 saturated carbocycles. The summed E-state index contributed by atoms with van der Waals surface area (Å²) >= 11 is 0. The van der Waals surface area contributed by atoms with E-state index in [1.807, 2.05) is 0 Å². The van der Waals surface area contributed by atoms with Crippen LogP contribution in [-0.4, -0.2) is 18.0 Å². The Bertz CT molecular complexity index is 763. The molecule has 1 aliphatic heterocycles. The number of benzene rings is 3. The lowest BCUT2D eigenvalue weighted by molar-refractivity contribution is 0.279. The van der Waals surface area contributed by atoms with Crippen LogP contribution in [0.25, 0.3) is 11.1 Å². The molecule has 120 valence electrons. The van der Waals surface area contributed by atoms with Crippen LogP contribution in [0.4, 0.5) is 0 Å². The van der Waals surface area contributed by atoms with Gasteiger partial charge < -0.3 is 0 Å². The molecule has 0 aliphatic carbocycles. The van der Waals surface area contributed by atoms with Crippen molar-refractivity contribution >= 4 is 0 Å². The Balaban J connectivity index is 1.43. The van der Waals surface area contributed by atoms with E-state index in [1.165, 1.54) is 27.8 Å². The second kappa shape index (κ2) is 7.02. The molecule has 1 aliphatic rings. The normalized spacial score (nSPS) is 14.8. The van der Waals surface area contributed by atoms with Crippen LogP contribution in [-0.2, 0) is 19.4 Å². The highest BCUT2D eigenvalue weighted by molar-refractivity contribution is 5.63. The summed E-state index contributed by atoms with van der Waals surface area (Å²) in [6, 6.07) is 28.5. The van der Waals surface area contributed by atoms with Gasteiger partial charge in [0.15, 0.2) is 0 Å². The zero-order valence-corrected chi connectivity index (χ0v) is 14.0. The molecule has 0 fully saturated rings. The second-order valence-electron chi connectivity index (χ2n) is 6.61. The van der Waals surface area contributed by atoms with Gasteiger partial charge in [0.25, 0.3) is 0 Å². The Morgan fingerprint density at radius 2 is 1.12 bits per heavy atom. The maximum Gasteiger partial charge on any atom is 0.0234 e. The van der Waals surface area contributed by atoms with Crippen LogP contribution in [0.2, 0.25) is 0 Å². The van der Waals surface area contributed by atoms with Crippen molar-refractivity contribution in [3.8, 4) is 11.1 Å². The van der Waals surface area contributed by atoms with Gasteiger partial charge in [-0.1, -0.05) is 78.9 Å². The molecule has 0 atom stereocenters. The van der Waals surface area contributed by atoms with Crippen LogP contribution < -0.4 is 0 Å². The molecule has 0 N–H and O–H groups in total. The van der Waals surface area contributed by atoms with Gasteiger partial charge in [-0.2, -0.15) is 0 Å². The van der Waals surface area contributed by atoms with Gasteiger partial charge in [-0.15, -0.1) is 0 Å². The Morgan fingerprint density at radius 1 is 0.583 bits per heavy atom. The molecule has 0 aromatic heterocycles. The minimum Gasteiger partial charge on any atom is -0.298 e. The summed E-state index contributed by atoms with van der Waals surface area (Å²) in [4.78, 5) is 2.58. The molecule has 24 heavy (non-hydrogen) atoms. The van der Waals surface area contributed by atoms with Gasteiger partial charge in [-0.25, -0.2) is 0 Å². The molecule has 1 nitrogen and oxygen atoms in total. The van der Waals surface area contributed by atoms with Crippen molar-refractivity contribution in [3.63, 3.8) is 0 Å². The highest BCUT2D eigenvalue weighted by Crippen LogP contribution is 2.21. The van der Waals surface area contributed by atoms with Gasteiger partial charge in [0.2, 0.25) is 0 Å². The first kappa shape index (κ1) is 15.2. The molecular weight excluding hydrogens is 290 g/mol. The van der Waals surface area contributed by atoms with Crippen molar-refractivity contribution in [2.45, 2.75) is 19.4 Å². The van der Waals surface area contributed by atoms with E-state index in [0.717, 1.165) is 32.5 Å². The maximum absolute atomic E-state index is 2.58. The Kier molecular flexibility index (Phi) is 4.44. The lowest BCUT2D eigenvalue weighted by Crippen LogP contribution is -2.25. The topological polar surface area (TPSA) is 3.24 Å². The largest absolute Gasteiger partial charge is 0.298 e. The predicted molar refractivity (Wildman–Crippen MR) is 101 cm³/mol. The summed E-state index contributed by atoms with van der Waals surface area (Å²) in [6.45, 7) is 3.35. The summed E-state index contributed by atoms with van der Waals surface area (Å²) in [5, 5.41) is 0. The summed E-state index contributed by atoms with van der Waals surface area (Å²) in [7, 11) is 0. The zero-order chi connectivity index (χ0) is 16.2. The van der Waals surface area contributed by atoms with Crippen molar-refractivity contribution in [1.82, 2.24) is 4.90 Å². The second-order valence-corrected chi connectivity index (χ2v) is 6.61. The predicted octanol–water partition coefficient (Wildman–Crippen LogP) is 4.95. The van der Waals surface area contributed by atoms with Crippen LogP contribution >= 0.6 is 0 Å². The smallest absolute Gasteiger partial charge is 0.0234 e. The van der Waals surface area contributed by atoms with E-state index in [4.69, 9.17) is 0 Å². The number of nitrogens with zero attached hydrogens (tertiary/aromatic N) is 1. The van der Waals surface area contributed by atoms with Crippen molar-refractivity contribution < 1.29 is 0 Å². The molecule has 4 rings (SSSR count). The van der Waals surface area contributed by atoms with Gasteiger partial charge >= 0.3 is 0 Å². The van der Waals surface area contributed by atoms with E-state index in [9.17, 15) is 0 Å². The van der Waals surface area contributed by atoms with E-state index >= 15 is 0 Å². The molecule has 0 unspecified atom stereocenters. The minimum absolute atomic E-state index is 1.04. The molecule has 0 amide bonds. The van der Waals surface area contributed by atoms with E-state index in [2.05, 4.69) is 83.8 Å². The molecule has 3 aromatic rings. The molecule has 3 aromatic carbocycles. The van der Waals surface area contributed by atoms with Gasteiger partial charge in [0.1, 0.15) is 0 Å². The van der Waals surface area contributed by atoms with E-state index in [0.29, 0.717) is 0 Å². The molecule has 0 radical (unpaired) electrons. The van der Waals surface area contributed by atoms with Crippen LogP contribution in [0.5, 0.6) is 0 Å². The van der Waals surface area contributed by atoms with Gasteiger partial charge in [0.05, 0.1) is 0 Å². The third-order valence-electron chi connectivity index (χ3n) is 4.98. The summed E-state index contributed by atoms with van der Waals surface area (Å²) < 4.78 is 0. The van der Waals surface area contributed by atoms with Gasteiger partial charge in [0, 0.05) is 19.6 Å². The van der Waals surface area contributed by atoms with Crippen LogP contribution in [0.3, 0.4) is 0 Å². The molecule has 0 saturated heterocycles. The highest BCUT2D eigenvalue weighted by atomic mass is 15.1. The lowest BCUT2D eigenvalue weighted by Gasteiger charge is -2.20. The third kappa shape index (κ3) is 3.42. The average molecular weight is 313 g/mol. The Hall–Kier alpha value is -2.38. The van der Waals surface area contributed by atoms with E-state index in [1.54, 1.807) is 0 Å². The summed E-state index contributed by atoms with van der Waals surface area (Å²) in [5.74, 6) is 0. The lowest BCUT2D eigenvalue weighted by atomic mass is 10.0. The number of rotatable bonds is 3. The fourth-order valence-corrected chi connectivity index (χ4v) is 3.56. The first-order valence-electron chi connectivity index (χ1n) is 8.82. The van der Waals surface area contributed by atoms with Crippen molar-refractivity contribution in [2.24, 2.45) is 0 Å². The molecule has 1 heterocycles. The van der Waals surface area contributed by atoms with Crippen LogP contribution in [0.15, 0.2) is 78.9 Å². The van der Waals surface area contributed by atoms with E-state index in [-0.39, 0.29) is 0 Å². The van der Waals surface area contributed by atoms with E-state index < -0.39 is 0 Å². The fraction of sp³-hybridized carbons (Fsp3) is 0.217. The summed E-state index contributed by atoms with van der Waals surface area (Å²) in [5.41, 5.74) is 7.04. The zero-order valence-electron chi connectivity index (χ0n) is 14.0. The highest BCUT2D eigenvalue weighted by Gasteiger charge is 2.13. The Morgan fingerprint density at radius 3 is 1.75 bits per heavy atom.